The lowest BCUT2D eigenvalue weighted by Crippen LogP contribution is -2.61. The molecule has 1 saturated carbocycles. The highest BCUT2D eigenvalue weighted by Gasteiger charge is 2.46. The first-order valence-corrected chi connectivity index (χ1v) is 27.7. The lowest BCUT2D eigenvalue weighted by Gasteiger charge is -2.46. The van der Waals surface area contributed by atoms with E-state index in [4.69, 9.17) is 0 Å². The Labute approximate surface area is 454 Å². The van der Waals surface area contributed by atoms with Crippen LogP contribution in [0.1, 0.15) is 44.6 Å². The first-order valence-electron chi connectivity index (χ1n) is 27.7. The number of benzene rings is 11. The van der Waals surface area contributed by atoms with E-state index in [2.05, 4.69) is 291 Å². The average molecular weight is 987 g/mol. The van der Waals surface area contributed by atoms with Crippen LogP contribution in [0.3, 0.4) is 0 Å². The molecule has 2 aliphatic heterocycles. The minimum absolute atomic E-state index is 0.115. The van der Waals surface area contributed by atoms with Crippen LogP contribution in [-0.4, -0.2) is 6.71 Å². The standard InChI is InChI=1S/C74H59BN2/c1-50-43-51(2)45-60(44-50)61-48-70-72-71(49-61)77(74-64(56-31-17-7-18-32-56)37-22-38-65(74)57-33-19-8-20-34-57)69-42-40-59(53-25-11-4-12-26-53)47-67(69)75(72)66-46-58(52-23-9-3-10-24-52)39-41-68(66)76(70)73-62(54-27-13-5-14-28-54)35-21-36-63(73)55-29-15-6-16-30-55/h3-42,46-51,60H,43-45H2,1-2H3. The summed E-state index contributed by atoms with van der Waals surface area (Å²) in [5, 5.41) is 0. The third-order valence-corrected chi connectivity index (χ3v) is 16.8. The van der Waals surface area contributed by atoms with Gasteiger partial charge < -0.3 is 9.80 Å². The Morgan fingerprint density at radius 3 is 0.961 bits per heavy atom. The van der Waals surface area contributed by atoms with Crippen molar-refractivity contribution in [2.24, 2.45) is 11.8 Å². The van der Waals surface area contributed by atoms with Crippen molar-refractivity contribution in [1.82, 2.24) is 0 Å². The maximum atomic E-state index is 2.70. The molecule has 368 valence electrons. The van der Waals surface area contributed by atoms with E-state index in [1.54, 1.807) is 0 Å². The van der Waals surface area contributed by atoms with Gasteiger partial charge in [-0.3, -0.25) is 0 Å². The first-order chi connectivity index (χ1) is 38.0. The van der Waals surface area contributed by atoms with Crippen LogP contribution in [0.5, 0.6) is 0 Å². The van der Waals surface area contributed by atoms with Gasteiger partial charge in [-0.15, -0.1) is 0 Å². The van der Waals surface area contributed by atoms with Gasteiger partial charge in [-0.2, -0.15) is 0 Å². The van der Waals surface area contributed by atoms with Crippen molar-refractivity contribution in [1.29, 1.82) is 0 Å². The Morgan fingerprint density at radius 2 is 0.623 bits per heavy atom. The monoisotopic (exact) mass is 986 g/mol. The predicted molar refractivity (Wildman–Crippen MR) is 328 cm³/mol. The molecule has 0 bridgehead atoms. The highest BCUT2D eigenvalue weighted by atomic mass is 15.2. The van der Waals surface area contributed by atoms with E-state index in [9.17, 15) is 0 Å². The van der Waals surface area contributed by atoms with Crippen LogP contribution >= 0.6 is 0 Å². The van der Waals surface area contributed by atoms with Crippen molar-refractivity contribution in [3.8, 4) is 66.8 Å². The smallest absolute Gasteiger partial charge is 0.252 e. The molecule has 2 unspecified atom stereocenters. The topological polar surface area (TPSA) is 6.48 Å². The number of nitrogens with zero attached hydrogens (tertiary/aromatic N) is 2. The molecule has 1 aliphatic carbocycles. The SMILES string of the molecule is CC1CC(C)CC(c2cc3c4c(c2)N(c2c(-c5ccccc5)cccc2-c2ccccc2)c2ccc(-c5ccccc5)cc2B4c2cc(-c4ccccc4)ccc2N3c2c(-c3ccccc3)cccc2-c2ccccc2)C1. The van der Waals surface area contributed by atoms with E-state index in [0.29, 0.717) is 17.8 Å². The molecule has 0 amide bonds. The average Bonchev–Trinajstić information content (AvgIpc) is 3.53. The van der Waals surface area contributed by atoms with Crippen LogP contribution < -0.4 is 26.2 Å². The summed E-state index contributed by atoms with van der Waals surface area (Å²) in [6.07, 6.45) is 3.58. The molecule has 11 aromatic rings. The largest absolute Gasteiger partial charge is 0.310 e. The van der Waals surface area contributed by atoms with E-state index in [1.807, 2.05) is 0 Å². The van der Waals surface area contributed by atoms with Crippen molar-refractivity contribution in [2.75, 3.05) is 9.80 Å². The Bertz CT molecular complexity index is 3570. The number of hydrogen-bond acceptors (Lipinski definition) is 2. The fourth-order valence-electron chi connectivity index (χ4n) is 13.6. The molecule has 0 aromatic heterocycles. The maximum Gasteiger partial charge on any atom is 0.252 e. The zero-order valence-electron chi connectivity index (χ0n) is 43.7. The van der Waals surface area contributed by atoms with E-state index in [1.165, 1.54) is 129 Å². The number of anilines is 6. The second-order valence-corrected chi connectivity index (χ2v) is 21.8. The summed E-state index contributed by atoms with van der Waals surface area (Å²) in [6, 6.07) is 100. The van der Waals surface area contributed by atoms with Gasteiger partial charge in [0.25, 0.3) is 6.71 Å². The van der Waals surface area contributed by atoms with Crippen LogP contribution in [0.4, 0.5) is 34.1 Å². The van der Waals surface area contributed by atoms with Gasteiger partial charge in [-0.1, -0.05) is 257 Å². The molecule has 3 aliphatic rings. The summed E-state index contributed by atoms with van der Waals surface area (Å²) in [6.45, 7) is 4.84. The zero-order valence-corrected chi connectivity index (χ0v) is 43.7. The van der Waals surface area contributed by atoms with Gasteiger partial charge in [0.15, 0.2) is 0 Å². The number of para-hydroxylation sites is 2. The molecule has 2 nitrogen and oxygen atoms in total. The lowest BCUT2D eigenvalue weighted by molar-refractivity contribution is 0.268. The molecular weight excluding hydrogens is 928 g/mol. The molecule has 11 aromatic carbocycles. The van der Waals surface area contributed by atoms with E-state index >= 15 is 0 Å². The summed E-state index contributed by atoms with van der Waals surface area (Å²) < 4.78 is 0. The molecule has 0 spiro atoms. The van der Waals surface area contributed by atoms with Crippen molar-refractivity contribution in [3.05, 3.63) is 272 Å². The summed E-state index contributed by atoms with van der Waals surface area (Å²) in [4.78, 5) is 5.41. The normalized spacial score (nSPS) is 16.3. The van der Waals surface area contributed by atoms with Gasteiger partial charge in [0.05, 0.1) is 11.4 Å². The van der Waals surface area contributed by atoms with Crippen molar-refractivity contribution in [3.63, 3.8) is 0 Å². The molecule has 1 fully saturated rings. The fourth-order valence-corrected chi connectivity index (χ4v) is 13.6. The maximum absolute atomic E-state index is 2.70. The van der Waals surface area contributed by atoms with E-state index in [-0.39, 0.29) is 6.71 Å². The molecule has 14 rings (SSSR count). The Hall–Kier alpha value is -8.92. The Kier molecular flexibility index (Phi) is 11.9. The minimum Gasteiger partial charge on any atom is -0.310 e. The Morgan fingerprint density at radius 1 is 0.299 bits per heavy atom. The highest BCUT2D eigenvalue weighted by Crippen LogP contribution is 2.54. The molecule has 77 heavy (non-hydrogen) atoms. The predicted octanol–water partition coefficient (Wildman–Crippen LogP) is 18.3. The van der Waals surface area contributed by atoms with Gasteiger partial charge in [0.1, 0.15) is 0 Å². The van der Waals surface area contributed by atoms with Crippen LogP contribution in [-0.2, 0) is 0 Å². The molecular formula is C74H59BN2. The third kappa shape index (κ3) is 8.30. The van der Waals surface area contributed by atoms with Gasteiger partial charge in [0.2, 0.25) is 0 Å². The second-order valence-electron chi connectivity index (χ2n) is 21.8. The van der Waals surface area contributed by atoms with Gasteiger partial charge in [-0.05, 0) is 128 Å². The first kappa shape index (κ1) is 46.6. The molecule has 2 heterocycles. The second kappa shape index (κ2) is 19.7. The zero-order chi connectivity index (χ0) is 51.4. The van der Waals surface area contributed by atoms with Crippen molar-refractivity contribution in [2.45, 2.75) is 39.0 Å². The van der Waals surface area contributed by atoms with Crippen molar-refractivity contribution < 1.29 is 0 Å². The van der Waals surface area contributed by atoms with E-state index in [0.717, 1.165) is 12.8 Å². The van der Waals surface area contributed by atoms with E-state index < -0.39 is 0 Å². The summed E-state index contributed by atoms with van der Waals surface area (Å²) in [5.74, 6) is 1.63. The summed E-state index contributed by atoms with van der Waals surface area (Å²) in [5.41, 5.74) is 27.0. The van der Waals surface area contributed by atoms with Crippen LogP contribution in [0.2, 0.25) is 0 Å². The van der Waals surface area contributed by atoms with Gasteiger partial charge in [0, 0.05) is 45.0 Å². The van der Waals surface area contributed by atoms with Crippen LogP contribution in [0, 0.1) is 11.8 Å². The van der Waals surface area contributed by atoms with Crippen LogP contribution in [0.15, 0.2) is 267 Å². The summed E-state index contributed by atoms with van der Waals surface area (Å²) in [7, 11) is 0. The van der Waals surface area contributed by atoms with Gasteiger partial charge in [-0.25, -0.2) is 0 Å². The molecule has 0 saturated heterocycles. The number of fused-ring (bicyclic) bond motifs is 4. The fraction of sp³-hybridized carbons (Fsp3) is 0.108. The molecule has 3 heteroatoms. The number of hydrogen-bond donors (Lipinski definition) is 0. The third-order valence-electron chi connectivity index (χ3n) is 16.8. The minimum atomic E-state index is -0.115. The lowest BCUT2D eigenvalue weighted by atomic mass is 9.33. The van der Waals surface area contributed by atoms with Crippen LogP contribution in [0.25, 0.3) is 66.8 Å². The summed E-state index contributed by atoms with van der Waals surface area (Å²) >= 11 is 0. The highest BCUT2D eigenvalue weighted by molar-refractivity contribution is 7.00. The van der Waals surface area contributed by atoms with Crippen molar-refractivity contribution >= 4 is 57.2 Å². The quantitative estimate of drug-likeness (QED) is 0.133. The molecule has 2 atom stereocenters. The molecule has 0 N–H and O–H groups in total. The number of rotatable bonds is 9. The van der Waals surface area contributed by atoms with Gasteiger partial charge >= 0.3 is 0 Å². The Balaban J connectivity index is 1.16. The molecule has 0 radical (unpaired) electrons.